The van der Waals surface area contributed by atoms with E-state index in [1.165, 1.54) is 0 Å². The van der Waals surface area contributed by atoms with E-state index in [4.69, 9.17) is 8.94 Å². The van der Waals surface area contributed by atoms with Crippen LogP contribution in [0.15, 0.2) is 25.7 Å². The molecule has 0 unspecified atom stereocenters. The lowest BCUT2D eigenvalue weighted by atomic mass is 10.1. The second-order valence-corrected chi connectivity index (χ2v) is 6.26. The molecule has 3 heterocycles. The highest BCUT2D eigenvalue weighted by Crippen LogP contribution is 2.19. The summed E-state index contributed by atoms with van der Waals surface area (Å²) >= 11 is 3.22. The van der Waals surface area contributed by atoms with Crippen molar-refractivity contribution >= 4 is 21.8 Å². The molecule has 0 spiro atoms. The maximum Gasteiger partial charge on any atom is 0.289 e. The van der Waals surface area contributed by atoms with Gasteiger partial charge in [0.2, 0.25) is 0 Å². The van der Waals surface area contributed by atoms with E-state index in [2.05, 4.69) is 26.0 Å². The minimum atomic E-state index is -0.0531. The summed E-state index contributed by atoms with van der Waals surface area (Å²) in [5.74, 6) is 1.20. The molecule has 2 aromatic rings. The summed E-state index contributed by atoms with van der Waals surface area (Å²) in [7, 11) is 0. The van der Waals surface area contributed by atoms with Gasteiger partial charge in [-0.15, -0.1) is 0 Å². The van der Waals surface area contributed by atoms with E-state index in [0.717, 1.165) is 36.7 Å². The van der Waals surface area contributed by atoms with Crippen molar-refractivity contribution in [3.8, 4) is 0 Å². The van der Waals surface area contributed by atoms with E-state index in [1.54, 1.807) is 12.1 Å². The molecule has 1 aliphatic rings. The van der Waals surface area contributed by atoms with Gasteiger partial charge in [-0.25, -0.2) is 0 Å². The van der Waals surface area contributed by atoms with Crippen LogP contribution < -0.4 is 0 Å². The van der Waals surface area contributed by atoms with Gasteiger partial charge in [0.05, 0.1) is 5.69 Å². The van der Waals surface area contributed by atoms with Crippen molar-refractivity contribution < 1.29 is 13.7 Å². The van der Waals surface area contributed by atoms with Gasteiger partial charge >= 0.3 is 0 Å². The molecule has 0 bridgehead atoms. The Balaban J connectivity index is 1.57. The number of halogens is 1. The van der Waals surface area contributed by atoms with Crippen molar-refractivity contribution in [2.24, 2.45) is 0 Å². The van der Waals surface area contributed by atoms with Gasteiger partial charge in [-0.1, -0.05) is 5.16 Å². The van der Waals surface area contributed by atoms with Gasteiger partial charge in [0.25, 0.3) is 5.91 Å². The summed E-state index contributed by atoms with van der Waals surface area (Å²) in [6.07, 6.45) is 0. The molecule has 22 heavy (non-hydrogen) atoms. The average Bonchev–Trinajstić information content (AvgIpc) is 3.08. The SMILES string of the molecule is Cc1noc(C)c1CN1CCN(C(=O)c2ccc(Br)o2)CC1. The predicted molar refractivity (Wildman–Crippen MR) is 83.6 cm³/mol. The van der Waals surface area contributed by atoms with Crippen molar-refractivity contribution in [1.29, 1.82) is 0 Å². The van der Waals surface area contributed by atoms with Crippen LogP contribution in [0.4, 0.5) is 0 Å². The quantitative estimate of drug-likeness (QED) is 0.834. The van der Waals surface area contributed by atoms with E-state index in [1.807, 2.05) is 18.7 Å². The number of aromatic nitrogens is 1. The average molecular weight is 368 g/mol. The molecule has 0 atom stereocenters. The van der Waals surface area contributed by atoms with Crippen LogP contribution in [-0.2, 0) is 6.54 Å². The summed E-state index contributed by atoms with van der Waals surface area (Å²) in [6.45, 7) is 7.76. The molecular formula is C15H18BrN3O3. The number of piperazine rings is 1. The number of carbonyl (C=O) groups excluding carboxylic acids is 1. The van der Waals surface area contributed by atoms with Crippen LogP contribution >= 0.6 is 15.9 Å². The first kappa shape index (κ1) is 15.3. The van der Waals surface area contributed by atoms with Crippen LogP contribution in [0, 0.1) is 13.8 Å². The van der Waals surface area contributed by atoms with Crippen molar-refractivity contribution in [3.63, 3.8) is 0 Å². The number of furan rings is 1. The number of rotatable bonds is 3. The Morgan fingerprint density at radius 3 is 2.55 bits per heavy atom. The van der Waals surface area contributed by atoms with Crippen LogP contribution in [0.2, 0.25) is 0 Å². The monoisotopic (exact) mass is 367 g/mol. The third-order valence-corrected chi connectivity index (χ3v) is 4.43. The Kier molecular flexibility index (Phi) is 4.35. The normalized spacial score (nSPS) is 16.2. The van der Waals surface area contributed by atoms with Gasteiger partial charge in [-0.2, -0.15) is 0 Å². The number of amides is 1. The third kappa shape index (κ3) is 3.10. The smallest absolute Gasteiger partial charge is 0.289 e. The maximum atomic E-state index is 12.3. The maximum absolute atomic E-state index is 12.3. The molecule has 0 aromatic carbocycles. The standard InChI is InChI=1S/C15H18BrN3O3/c1-10-12(11(2)22-17-10)9-18-5-7-19(8-6-18)15(20)13-3-4-14(16)21-13/h3-4H,5-9H2,1-2H3. The number of hydrogen-bond acceptors (Lipinski definition) is 5. The fraction of sp³-hybridized carbons (Fsp3) is 0.467. The lowest BCUT2D eigenvalue weighted by molar-refractivity contribution is 0.0595. The zero-order valence-electron chi connectivity index (χ0n) is 12.6. The largest absolute Gasteiger partial charge is 0.444 e. The lowest BCUT2D eigenvalue weighted by Crippen LogP contribution is -2.48. The molecule has 0 N–H and O–H groups in total. The Morgan fingerprint density at radius 1 is 1.27 bits per heavy atom. The molecule has 0 aliphatic carbocycles. The van der Waals surface area contributed by atoms with E-state index in [-0.39, 0.29) is 5.91 Å². The van der Waals surface area contributed by atoms with E-state index >= 15 is 0 Å². The van der Waals surface area contributed by atoms with Crippen LogP contribution in [-0.4, -0.2) is 47.0 Å². The van der Waals surface area contributed by atoms with Gasteiger partial charge in [-0.05, 0) is 41.9 Å². The molecule has 1 aliphatic heterocycles. The van der Waals surface area contributed by atoms with Gasteiger partial charge in [0.1, 0.15) is 5.76 Å². The summed E-state index contributed by atoms with van der Waals surface area (Å²) in [5.41, 5.74) is 2.09. The fourth-order valence-electron chi connectivity index (χ4n) is 2.65. The first-order valence-corrected chi connectivity index (χ1v) is 8.02. The highest BCUT2D eigenvalue weighted by atomic mass is 79.9. The second-order valence-electron chi connectivity index (χ2n) is 5.47. The van der Waals surface area contributed by atoms with Crippen LogP contribution in [0.3, 0.4) is 0 Å². The van der Waals surface area contributed by atoms with E-state index in [0.29, 0.717) is 23.5 Å². The molecule has 7 heteroatoms. The van der Waals surface area contributed by atoms with Crippen molar-refractivity contribution in [3.05, 3.63) is 39.6 Å². The van der Waals surface area contributed by atoms with Crippen LogP contribution in [0.1, 0.15) is 27.6 Å². The third-order valence-electron chi connectivity index (χ3n) is 4.01. The highest BCUT2D eigenvalue weighted by molar-refractivity contribution is 9.10. The number of aryl methyl sites for hydroxylation is 2. The number of nitrogens with zero attached hydrogens (tertiary/aromatic N) is 3. The first-order valence-electron chi connectivity index (χ1n) is 7.23. The van der Waals surface area contributed by atoms with Gasteiger partial charge in [0.15, 0.2) is 10.4 Å². The minimum Gasteiger partial charge on any atom is -0.444 e. The first-order chi connectivity index (χ1) is 10.5. The van der Waals surface area contributed by atoms with Crippen LogP contribution in [0.5, 0.6) is 0 Å². The van der Waals surface area contributed by atoms with Crippen molar-refractivity contribution in [2.45, 2.75) is 20.4 Å². The Hall–Kier alpha value is -1.60. The molecule has 0 radical (unpaired) electrons. The molecule has 1 amide bonds. The molecule has 0 saturated carbocycles. The molecule has 1 saturated heterocycles. The van der Waals surface area contributed by atoms with Gasteiger partial charge in [-0.3, -0.25) is 9.69 Å². The molecule has 118 valence electrons. The Morgan fingerprint density at radius 2 is 2.00 bits per heavy atom. The van der Waals surface area contributed by atoms with Gasteiger partial charge < -0.3 is 13.8 Å². The summed E-state index contributed by atoms with van der Waals surface area (Å²) in [4.78, 5) is 16.5. The lowest BCUT2D eigenvalue weighted by Gasteiger charge is -2.34. The molecule has 3 rings (SSSR count). The summed E-state index contributed by atoms with van der Waals surface area (Å²) in [6, 6.07) is 3.43. The molecule has 1 fully saturated rings. The van der Waals surface area contributed by atoms with E-state index in [9.17, 15) is 4.79 Å². The summed E-state index contributed by atoms with van der Waals surface area (Å²) < 4.78 is 11.1. The molecular weight excluding hydrogens is 350 g/mol. The van der Waals surface area contributed by atoms with Gasteiger partial charge in [0, 0.05) is 38.3 Å². The van der Waals surface area contributed by atoms with Crippen molar-refractivity contribution in [1.82, 2.24) is 15.0 Å². The van der Waals surface area contributed by atoms with Crippen molar-refractivity contribution in [2.75, 3.05) is 26.2 Å². The number of hydrogen-bond donors (Lipinski definition) is 0. The molecule has 6 nitrogen and oxygen atoms in total. The zero-order chi connectivity index (χ0) is 15.7. The Labute approximate surface area is 137 Å². The minimum absolute atomic E-state index is 0.0531. The zero-order valence-corrected chi connectivity index (χ0v) is 14.2. The predicted octanol–water partition coefficient (Wildman–Crippen LogP) is 2.60. The van der Waals surface area contributed by atoms with Crippen LogP contribution in [0.25, 0.3) is 0 Å². The van der Waals surface area contributed by atoms with E-state index < -0.39 is 0 Å². The fourth-order valence-corrected chi connectivity index (χ4v) is 2.95. The number of carbonyl (C=O) groups is 1. The highest BCUT2D eigenvalue weighted by Gasteiger charge is 2.25. The summed E-state index contributed by atoms with van der Waals surface area (Å²) in [5, 5.41) is 3.98. The topological polar surface area (TPSA) is 62.7 Å². The second kappa shape index (κ2) is 6.26. The Bertz CT molecular complexity index is 652. The molecule has 2 aromatic heterocycles.